The molecule has 0 spiro atoms. The van der Waals surface area contributed by atoms with Crippen molar-refractivity contribution in [3.63, 3.8) is 0 Å². The van der Waals surface area contributed by atoms with E-state index in [1.807, 2.05) is 22.6 Å². The van der Waals surface area contributed by atoms with Gasteiger partial charge in [-0.05, 0) is 35.6 Å². The molecule has 3 nitrogen and oxygen atoms in total. The third-order valence-corrected chi connectivity index (χ3v) is 3.61. The number of hydrogen-bond donors (Lipinski definition) is 1. The molecule has 2 aromatic rings. The Hall–Kier alpha value is -0.990. The molecule has 0 aliphatic heterocycles. The highest BCUT2D eigenvalue weighted by atomic mass is 127. The van der Waals surface area contributed by atoms with Gasteiger partial charge in [-0.3, -0.25) is 5.10 Å². The number of aromatic amines is 1. The molecule has 98 valence electrons. The molecule has 1 aromatic carbocycles. The summed E-state index contributed by atoms with van der Waals surface area (Å²) in [5.74, 6) is -1.35. The molecule has 0 aliphatic carbocycles. The minimum absolute atomic E-state index is 0.122. The Balaban J connectivity index is 2.68. The van der Waals surface area contributed by atoms with Crippen LogP contribution >= 0.6 is 22.6 Å². The second-order valence-corrected chi connectivity index (χ2v) is 4.91. The largest absolute Gasteiger partial charge is 0.496 e. The molecule has 1 heterocycles. The highest BCUT2D eigenvalue weighted by Crippen LogP contribution is 2.42. The van der Waals surface area contributed by atoms with E-state index in [1.165, 1.54) is 13.2 Å². The van der Waals surface area contributed by atoms with E-state index in [4.69, 9.17) is 4.74 Å². The molecule has 0 saturated heterocycles. The second kappa shape index (κ2) is 4.60. The number of rotatable bonds is 2. The fraction of sp³-hybridized carbons (Fsp3) is 0.364. The Labute approximate surface area is 115 Å². The number of hydrogen-bond acceptors (Lipinski definition) is 2. The molecular formula is C11H10F3IN2O. The second-order valence-electron chi connectivity index (χ2n) is 3.89. The predicted octanol–water partition coefficient (Wildman–Crippen LogP) is 3.84. The lowest BCUT2D eigenvalue weighted by Crippen LogP contribution is -2.18. The molecule has 18 heavy (non-hydrogen) atoms. The van der Waals surface area contributed by atoms with Crippen LogP contribution in [0.5, 0.6) is 5.75 Å². The third-order valence-electron chi connectivity index (χ3n) is 2.83. The van der Waals surface area contributed by atoms with Gasteiger partial charge in [0.2, 0.25) is 0 Å². The summed E-state index contributed by atoms with van der Waals surface area (Å²) in [6, 6.07) is 3.01. The molecule has 1 atom stereocenters. The summed E-state index contributed by atoms with van der Waals surface area (Å²) in [5, 5.41) is 7.31. The van der Waals surface area contributed by atoms with E-state index in [9.17, 15) is 13.2 Å². The van der Waals surface area contributed by atoms with Crippen molar-refractivity contribution in [2.45, 2.75) is 19.0 Å². The summed E-state index contributed by atoms with van der Waals surface area (Å²) in [6.07, 6.45) is -4.30. The number of ether oxygens (including phenoxy) is 1. The monoisotopic (exact) mass is 370 g/mol. The van der Waals surface area contributed by atoms with E-state index in [0.29, 0.717) is 14.6 Å². The number of aromatic nitrogens is 2. The van der Waals surface area contributed by atoms with Crippen LogP contribution in [-0.4, -0.2) is 23.5 Å². The maximum absolute atomic E-state index is 12.8. The third kappa shape index (κ3) is 2.15. The molecular weight excluding hydrogens is 360 g/mol. The van der Waals surface area contributed by atoms with Crippen molar-refractivity contribution in [1.29, 1.82) is 0 Å². The van der Waals surface area contributed by atoms with Crippen LogP contribution < -0.4 is 4.74 Å². The van der Waals surface area contributed by atoms with E-state index < -0.39 is 12.1 Å². The van der Waals surface area contributed by atoms with E-state index in [0.717, 1.165) is 6.92 Å². The highest BCUT2D eigenvalue weighted by molar-refractivity contribution is 14.1. The Bertz CT molecular complexity index is 579. The molecule has 0 aliphatic rings. The van der Waals surface area contributed by atoms with Crippen LogP contribution in [0.1, 0.15) is 18.4 Å². The molecule has 1 aromatic heterocycles. The van der Waals surface area contributed by atoms with Crippen LogP contribution in [0.4, 0.5) is 13.2 Å². The van der Waals surface area contributed by atoms with Crippen molar-refractivity contribution in [3.8, 4) is 5.75 Å². The first kappa shape index (κ1) is 13.4. The first-order valence-electron chi connectivity index (χ1n) is 5.13. The number of H-pyrrole nitrogens is 1. The molecule has 0 fully saturated rings. The molecule has 0 radical (unpaired) electrons. The maximum Gasteiger partial charge on any atom is 0.395 e. The molecule has 2 rings (SSSR count). The van der Waals surface area contributed by atoms with Gasteiger partial charge in [0.25, 0.3) is 0 Å². The number of nitrogens with zero attached hydrogens (tertiary/aromatic N) is 1. The Morgan fingerprint density at radius 1 is 1.39 bits per heavy atom. The standard InChI is InChI=1S/C11H10F3IN2O/c1-5(11(12,13)14)6-3-4-7-8(9(6)18-2)10(15)17-16-7/h3-5H,1-2H3,(H,16,17). The van der Waals surface area contributed by atoms with Gasteiger partial charge in [0.1, 0.15) is 9.45 Å². The van der Waals surface area contributed by atoms with Gasteiger partial charge < -0.3 is 4.74 Å². The van der Waals surface area contributed by atoms with Crippen LogP contribution in [0.15, 0.2) is 12.1 Å². The first-order valence-corrected chi connectivity index (χ1v) is 6.21. The Morgan fingerprint density at radius 2 is 2.06 bits per heavy atom. The minimum Gasteiger partial charge on any atom is -0.496 e. The van der Waals surface area contributed by atoms with E-state index in [2.05, 4.69) is 10.2 Å². The van der Waals surface area contributed by atoms with Crippen molar-refractivity contribution in [3.05, 3.63) is 21.4 Å². The number of halogens is 4. The van der Waals surface area contributed by atoms with Crippen LogP contribution in [0, 0.1) is 3.70 Å². The minimum atomic E-state index is -4.30. The number of benzene rings is 1. The van der Waals surface area contributed by atoms with Gasteiger partial charge in [-0.2, -0.15) is 18.3 Å². The molecule has 7 heteroatoms. The molecule has 1 N–H and O–H groups in total. The van der Waals surface area contributed by atoms with E-state index in [1.54, 1.807) is 6.07 Å². The average molecular weight is 370 g/mol. The SMILES string of the molecule is COc1c(C(C)C(F)(F)F)ccc2[nH]nc(I)c12. The lowest BCUT2D eigenvalue weighted by molar-refractivity contribution is -0.146. The van der Waals surface area contributed by atoms with Gasteiger partial charge >= 0.3 is 6.18 Å². The van der Waals surface area contributed by atoms with Gasteiger partial charge in [-0.25, -0.2) is 0 Å². The summed E-state index contributed by atoms with van der Waals surface area (Å²) >= 11 is 1.96. The van der Waals surface area contributed by atoms with Crippen LogP contribution in [0.2, 0.25) is 0 Å². The van der Waals surface area contributed by atoms with Gasteiger partial charge in [-0.15, -0.1) is 0 Å². The number of alkyl halides is 3. The van der Waals surface area contributed by atoms with Crippen molar-refractivity contribution in [1.82, 2.24) is 10.2 Å². The van der Waals surface area contributed by atoms with Crippen molar-refractivity contribution in [2.24, 2.45) is 0 Å². The van der Waals surface area contributed by atoms with Crippen LogP contribution in [0.3, 0.4) is 0 Å². The Morgan fingerprint density at radius 3 is 2.61 bits per heavy atom. The van der Waals surface area contributed by atoms with E-state index >= 15 is 0 Å². The number of fused-ring (bicyclic) bond motifs is 1. The zero-order chi connectivity index (χ0) is 13.5. The van der Waals surface area contributed by atoms with E-state index in [-0.39, 0.29) is 11.3 Å². The van der Waals surface area contributed by atoms with Crippen molar-refractivity contribution < 1.29 is 17.9 Å². The normalized spacial score (nSPS) is 13.9. The summed E-state index contributed by atoms with van der Waals surface area (Å²) in [6.45, 7) is 1.12. The van der Waals surface area contributed by atoms with Gasteiger partial charge in [-0.1, -0.05) is 6.07 Å². The quantitative estimate of drug-likeness (QED) is 0.816. The topological polar surface area (TPSA) is 37.9 Å². The lowest BCUT2D eigenvalue weighted by atomic mass is 9.98. The molecule has 0 bridgehead atoms. The van der Waals surface area contributed by atoms with Crippen molar-refractivity contribution >= 4 is 33.5 Å². The zero-order valence-corrected chi connectivity index (χ0v) is 11.8. The fourth-order valence-corrected chi connectivity index (χ4v) is 2.46. The Kier molecular flexibility index (Phi) is 3.43. The van der Waals surface area contributed by atoms with Crippen LogP contribution in [0.25, 0.3) is 10.9 Å². The summed E-state index contributed by atoms with van der Waals surface area (Å²) < 4.78 is 44.1. The highest BCUT2D eigenvalue weighted by Gasteiger charge is 2.39. The molecule has 1 unspecified atom stereocenters. The van der Waals surface area contributed by atoms with Gasteiger partial charge in [0.05, 0.1) is 23.9 Å². The molecule has 0 amide bonds. The van der Waals surface area contributed by atoms with Crippen molar-refractivity contribution in [2.75, 3.05) is 7.11 Å². The first-order chi connectivity index (χ1) is 8.36. The summed E-state index contributed by atoms with van der Waals surface area (Å²) in [4.78, 5) is 0. The average Bonchev–Trinajstić information content (AvgIpc) is 2.68. The zero-order valence-electron chi connectivity index (χ0n) is 9.60. The number of nitrogens with one attached hydrogen (secondary N) is 1. The fourth-order valence-electron chi connectivity index (χ4n) is 1.80. The van der Waals surface area contributed by atoms with Gasteiger partial charge in [0, 0.05) is 5.56 Å². The number of methoxy groups -OCH3 is 1. The lowest BCUT2D eigenvalue weighted by Gasteiger charge is -2.19. The van der Waals surface area contributed by atoms with Gasteiger partial charge in [0.15, 0.2) is 0 Å². The smallest absolute Gasteiger partial charge is 0.395 e. The molecule has 0 saturated carbocycles. The van der Waals surface area contributed by atoms with Crippen LogP contribution in [-0.2, 0) is 0 Å². The maximum atomic E-state index is 12.8. The predicted molar refractivity (Wildman–Crippen MR) is 69.8 cm³/mol. The summed E-state index contributed by atoms with van der Waals surface area (Å²) in [5.41, 5.74) is 0.784. The summed E-state index contributed by atoms with van der Waals surface area (Å²) in [7, 11) is 1.37.